The lowest BCUT2D eigenvalue weighted by Gasteiger charge is -2.10. The molecule has 0 aliphatic heterocycles. The summed E-state index contributed by atoms with van der Waals surface area (Å²) in [6.45, 7) is 2.03. The normalized spacial score (nSPS) is 10.3. The number of carbonyl (C=O) groups excluding carboxylic acids is 1. The number of rotatable bonds is 3. The summed E-state index contributed by atoms with van der Waals surface area (Å²) in [6.07, 6.45) is 0.844. The van der Waals surface area contributed by atoms with Gasteiger partial charge >= 0.3 is 0 Å². The van der Waals surface area contributed by atoms with E-state index in [1.54, 1.807) is 0 Å². The van der Waals surface area contributed by atoms with Gasteiger partial charge in [0.15, 0.2) is 0 Å². The first-order chi connectivity index (χ1) is 9.11. The number of carbonyl (C=O) groups is 1. The van der Waals surface area contributed by atoms with E-state index < -0.39 is 0 Å². The Morgan fingerprint density at radius 2 is 2.00 bits per heavy atom. The fraction of sp³-hybridized carbons (Fsp3) is 0.133. The predicted octanol–water partition coefficient (Wildman–Crippen LogP) is 4.25. The van der Waals surface area contributed by atoms with E-state index in [2.05, 4.69) is 5.32 Å². The molecule has 2 rings (SSSR count). The van der Waals surface area contributed by atoms with Crippen molar-refractivity contribution in [1.82, 2.24) is 0 Å². The van der Waals surface area contributed by atoms with Gasteiger partial charge in [0.05, 0.1) is 5.56 Å². The summed E-state index contributed by atoms with van der Waals surface area (Å²) < 4.78 is 13.6. The van der Waals surface area contributed by atoms with Crippen molar-refractivity contribution in [2.75, 3.05) is 5.32 Å². The number of hydrogen-bond acceptors (Lipinski definition) is 1. The summed E-state index contributed by atoms with van der Waals surface area (Å²) >= 11 is 1.96. The molecule has 2 aromatic rings. The van der Waals surface area contributed by atoms with E-state index in [0.717, 1.165) is 17.7 Å². The molecule has 19 heavy (non-hydrogen) atoms. The van der Waals surface area contributed by atoms with E-state index in [4.69, 9.17) is 0 Å². The van der Waals surface area contributed by atoms with Gasteiger partial charge in [-0.05, 0) is 58.8 Å². The van der Waals surface area contributed by atoms with Gasteiger partial charge in [-0.25, -0.2) is 4.39 Å². The monoisotopic (exact) mass is 369 g/mol. The number of amides is 1. The molecule has 0 aliphatic carbocycles. The first-order valence-electron chi connectivity index (χ1n) is 5.96. The second kappa shape index (κ2) is 6.14. The Hall–Kier alpha value is -1.43. The molecule has 0 aromatic heterocycles. The van der Waals surface area contributed by atoms with E-state index in [0.29, 0.717) is 9.13 Å². The third-order valence-electron chi connectivity index (χ3n) is 2.82. The third-order valence-corrected chi connectivity index (χ3v) is 3.71. The minimum atomic E-state index is -0.338. The lowest BCUT2D eigenvalue weighted by atomic mass is 10.1. The Kier molecular flexibility index (Phi) is 4.52. The fourth-order valence-electron chi connectivity index (χ4n) is 1.81. The average molecular weight is 369 g/mol. The van der Waals surface area contributed by atoms with Crippen LogP contribution in [0.1, 0.15) is 22.8 Å². The molecular formula is C15H13FINO. The topological polar surface area (TPSA) is 29.1 Å². The van der Waals surface area contributed by atoms with Crippen LogP contribution in [0, 0.1) is 9.39 Å². The zero-order chi connectivity index (χ0) is 13.8. The molecule has 0 fully saturated rings. The van der Waals surface area contributed by atoms with Crippen molar-refractivity contribution >= 4 is 34.2 Å². The molecule has 2 aromatic carbocycles. The zero-order valence-corrected chi connectivity index (χ0v) is 12.6. The Bertz CT molecular complexity index is 613. The third kappa shape index (κ3) is 3.32. The minimum absolute atomic E-state index is 0.217. The van der Waals surface area contributed by atoms with Gasteiger partial charge in [0.25, 0.3) is 5.91 Å². The molecule has 1 N–H and O–H groups in total. The highest BCUT2D eigenvalue weighted by atomic mass is 127. The average Bonchev–Trinajstić information content (AvgIpc) is 2.39. The van der Waals surface area contributed by atoms with Crippen molar-refractivity contribution in [3.63, 3.8) is 0 Å². The minimum Gasteiger partial charge on any atom is -0.322 e. The molecule has 0 bridgehead atoms. The molecule has 98 valence electrons. The van der Waals surface area contributed by atoms with Gasteiger partial charge < -0.3 is 5.32 Å². The summed E-state index contributed by atoms with van der Waals surface area (Å²) in [5.74, 6) is -0.555. The van der Waals surface area contributed by atoms with Gasteiger partial charge in [-0.3, -0.25) is 4.79 Å². The number of hydrogen-bond donors (Lipinski definition) is 1. The molecule has 0 heterocycles. The first kappa shape index (κ1) is 14.0. The van der Waals surface area contributed by atoms with Gasteiger partial charge in [0, 0.05) is 9.26 Å². The van der Waals surface area contributed by atoms with Crippen molar-refractivity contribution in [1.29, 1.82) is 0 Å². The number of nitrogens with one attached hydrogen (secondary N) is 1. The van der Waals surface area contributed by atoms with Crippen LogP contribution in [0.5, 0.6) is 0 Å². The molecule has 1 amide bonds. The summed E-state index contributed by atoms with van der Waals surface area (Å²) in [5, 5.41) is 2.87. The van der Waals surface area contributed by atoms with Crippen molar-refractivity contribution < 1.29 is 9.18 Å². The quantitative estimate of drug-likeness (QED) is 0.806. The second-order valence-electron chi connectivity index (χ2n) is 4.09. The number of aryl methyl sites for hydroxylation is 1. The number of benzene rings is 2. The molecular weight excluding hydrogens is 356 g/mol. The lowest BCUT2D eigenvalue weighted by molar-refractivity contribution is 0.102. The van der Waals surface area contributed by atoms with Crippen molar-refractivity contribution in [3.05, 3.63) is 63.0 Å². The van der Waals surface area contributed by atoms with E-state index >= 15 is 0 Å². The molecule has 0 aliphatic rings. The summed E-state index contributed by atoms with van der Waals surface area (Å²) in [5.41, 5.74) is 2.36. The lowest BCUT2D eigenvalue weighted by Crippen LogP contribution is -2.14. The molecule has 2 nitrogen and oxygen atoms in total. The van der Waals surface area contributed by atoms with Gasteiger partial charge in [0.2, 0.25) is 0 Å². The van der Waals surface area contributed by atoms with Crippen LogP contribution < -0.4 is 5.32 Å². The Balaban J connectivity index is 2.26. The summed E-state index contributed by atoms with van der Waals surface area (Å²) in [4.78, 5) is 12.2. The Morgan fingerprint density at radius 3 is 2.68 bits per heavy atom. The van der Waals surface area contributed by atoms with Crippen LogP contribution in [0.4, 0.5) is 10.1 Å². The molecule has 0 atom stereocenters. The van der Waals surface area contributed by atoms with Crippen LogP contribution >= 0.6 is 22.6 Å². The predicted molar refractivity (Wildman–Crippen MR) is 82.9 cm³/mol. The van der Waals surface area contributed by atoms with Crippen LogP contribution in [-0.4, -0.2) is 5.91 Å². The maximum absolute atomic E-state index is 13.0. The van der Waals surface area contributed by atoms with Crippen LogP contribution in [0.15, 0.2) is 42.5 Å². The van der Waals surface area contributed by atoms with Crippen molar-refractivity contribution in [2.24, 2.45) is 0 Å². The fourth-order valence-corrected chi connectivity index (χ4v) is 2.54. The molecule has 4 heteroatoms. The van der Waals surface area contributed by atoms with Crippen molar-refractivity contribution in [2.45, 2.75) is 13.3 Å². The van der Waals surface area contributed by atoms with Gasteiger partial charge in [0.1, 0.15) is 5.82 Å². The van der Waals surface area contributed by atoms with E-state index in [1.807, 2.05) is 53.8 Å². The smallest absolute Gasteiger partial charge is 0.256 e. The summed E-state index contributed by atoms with van der Waals surface area (Å²) in [6, 6.07) is 11.8. The highest BCUT2D eigenvalue weighted by Crippen LogP contribution is 2.19. The molecule has 0 saturated carbocycles. The second-order valence-corrected chi connectivity index (χ2v) is 5.25. The molecule has 0 unspecified atom stereocenters. The standard InChI is InChI=1S/C15H13FINO/c1-2-10-5-3-4-6-14(10)18-15(19)12-8-7-11(16)9-13(12)17/h3-9H,2H2,1H3,(H,18,19). The first-order valence-corrected chi connectivity index (χ1v) is 7.04. The molecule has 0 spiro atoms. The van der Waals surface area contributed by atoms with Crippen LogP contribution in [-0.2, 0) is 6.42 Å². The highest BCUT2D eigenvalue weighted by Gasteiger charge is 2.12. The van der Waals surface area contributed by atoms with Crippen molar-refractivity contribution in [3.8, 4) is 0 Å². The van der Waals surface area contributed by atoms with E-state index in [1.165, 1.54) is 18.2 Å². The maximum Gasteiger partial charge on any atom is 0.256 e. The molecule has 0 radical (unpaired) electrons. The Labute approximate surface area is 125 Å². The SMILES string of the molecule is CCc1ccccc1NC(=O)c1ccc(F)cc1I. The van der Waals surface area contributed by atoms with Gasteiger partial charge in [-0.2, -0.15) is 0 Å². The van der Waals surface area contributed by atoms with Crippen LogP contribution in [0.2, 0.25) is 0 Å². The van der Waals surface area contributed by atoms with E-state index in [-0.39, 0.29) is 11.7 Å². The number of para-hydroxylation sites is 1. The van der Waals surface area contributed by atoms with E-state index in [9.17, 15) is 9.18 Å². The number of anilines is 1. The molecule has 0 saturated heterocycles. The largest absolute Gasteiger partial charge is 0.322 e. The number of halogens is 2. The zero-order valence-electron chi connectivity index (χ0n) is 10.4. The van der Waals surface area contributed by atoms with Crippen LogP contribution in [0.3, 0.4) is 0 Å². The Morgan fingerprint density at radius 1 is 1.26 bits per heavy atom. The van der Waals surface area contributed by atoms with Gasteiger partial charge in [-0.1, -0.05) is 25.1 Å². The highest BCUT2D eigenvalue weighted by molar-refractivity contribution is 14.1. The summed E-state index contributed by atoms with van der Waals surface area (Å²) in [7, 11) is 0. The van der Waals surface area contributed by atoms with Gasteiger partial charge in [-0.15, -0.1) is 0 Å². The van der Waals surface area contributed by atoms with Crippen LogP contribution in [0.25, 0.3) is 0 Å². The maximum atomic E-state index is 13.0.